The van der Waals surface area contributed by atoms with Crippen molar-refractivity contribution in [2.45, 2.75) is 36.1 Å². The first-order valence-corrected chi connectivity index (χ1v) is 6.41. The third-order valence-electron chi connectivity index (χ3n) is 4.54. The highest BCUT2D eigenvalue weighted by Gasteiger charge is 2.87. The van der Waals surface area contributed by atoms with E-state index in [4.69, 9.17) is 10.5 Å². The molecule has 0 spiro atoms. The van der Waals surface area contributed by atoms with Crippen molar-refractivity contribution >= 4 is 11.6 Å². The van der Waals surface area contributed by atoms with Crippen LogP contribution in [0.15, 0.2) is 11.0 Å². The zero-order valence-corrected chi connectivity index (χ0v) is 11.3. The van der Waals surface area contributed by atoms with Crippen LogP contribution >= 0.6 is 0 Å². The summed E-state index contributed by atoms with van der Waals surface area (Å²) < 4.78 is 6.16. The molecule has 1 unspecified atom stereocenters. The molecule has 2 aromatic heterocycles. The number of nitrogens with zero attached hydrogens (tertiary/aromatic N) is 3. The second kappa shape index (κ2) is 3.47. The van der Waals surface area contributed by atoms with Crippen LogP contribution < -0.4 is 11.3 Å². The van der Waals surface area contributed by atoms with E-state index >= 15 is 0 Å². The molecule has 1 saturated heterocycles. The average molecular weight is 311 g/mol. The van der Waals surface area contributed by atoms with Crippen LogP contribution in [-0.4, -0.2) is 63.4 Å². The molecule has 3 heterocycles. The summed E-state index contributed by atoms with van der Waals surface area (Å²) in [6.07, 6.45) is -1.42. The van der Waals surface area contributed by atoms with Crippen molar-refractivity contribution in [1.29, 1.82) is 0 Å². The van der Waals surface area contributed by atoms with Crippen molar-refractivity contribution in [3.8, 4) is 0 Å². The number of rotatable bonds is 1. The molecule has 0 bridgehead atoms. The summed E-state index contributed by atoms with van der Waals surface area (Å²) in [6, 6.07) is 0. The van der Waals surface area contributed by atoms with E-state index in [-0.39, 0.29) is 17.3 Å². The fourth-order valence-corrected chi connectivity index (χ4v) is 3.06. The van der Waals surface area contributed by atoms with Crippen LogP contribution in [0.5, 0.6) is 0 Å². The van der Waals surface area contributed by atoms with Crippen molar-refractivity contribution in [2.24, 2.45) is 0 Å². The van der Waals surface area contributed by atoms with Gasteiger partial charge in [-0.05, 0) is 6.92 Å². The summed E-state index contributed by atoms with van der Waals surface area (Å²) in [5.41, 5.74) is 0.142. The third-order valence-corrected chi connectivity index (χ3v) is 4.54. The van der Waals surface area contributed by atoms with E-state index in [0.29, 0.717) is 0 Å². The molecule has 2 aromatic rings. The molecule has 1 aliphatic carbocycles. The molecule has 5 atom stereocenters. The van der Waals surface area contributed by atoms with E-state index in [9.17, 15) is 25.2 Å². The quantitative estimate of drug-likeness (QED) is 0.310. The normalized spacial score (nSPS) is 43.5. The van der Waals surface area contributed by atoms with Crippen LogP contribution in [0.4, 0.5) is 5.95 Å². The fourth-order valence-electron chi connectivity index (χ4n) is 3.06. The Morgan fingerprint density at radius 2 is 2.14 bits per heavy atom. The molecule has 2 fully saturated rings. The largest absolute Gasteiger partial charge is 0.387 e. The summed E-state index contributed by atoms with van der Waals surface area (Å²) >= 11 is 0. The number of nitrogens with two attached hydrogens (primary N) is 1. The van der Waals surface area contributed by atoms with E-state index in [0.717, 1.165) is 17.6 Å². The number of nitrogen functional groups attached to an aromatic ring is 1. The number of aliphatic hydroxyl groups is 4. The molecule has 4 rings (SSSR count). The predicted octanol–water partition coefficient (Wildman–Crippen LogP) is -3.60. The van der Waals surface area contributed by atoms with Crippen LogP contribution in [0.2, 0.25) is 0 Å². The Hall–Kier alpha value is -2.05. The highest BCUT2D eigenvalue weighted by Crippen LogP contribution is 2.62. The van der Waals surface area contributed by atoms with E-state index in [1.54, 1.807) is 0 Å². The van der Waals surface area contributed by atoms with Gasteiger partial charge in [-0.1, -0.05) is 0 Å². The van der Waals surface area contributed by atoms with Gasteiger partial charge in [0.1, 0.15) is 17.9 Å². The van der Waals surface area contributed by atoms with Gasteiger partial charge >= 0.3 is 0 Å². The number of imidazole rings is 1. The van der Waals surface area contributed by atoms with Crippen molar-refractivity contribution in [3.63, 3.8) is 0 Å². The minimum absolute atomic E-state index is 0.176. The smallest absolute Gasteiger partial charge is 0.295 e. The van der Waals surface area contributed by atoms with Crippen molar-refractivity contribution in [2.75, 3.05) is 5.73 Å². The van der Waals surface area contributed by atoms with Crippen molar-refractivity contribution < 1.29 is 25.2 Å². The number of nitrogens with one attached hydrogen (secondary N) is 1. The van der Waals surface area contributed by atoms with Crippen molar-refractivity contribution in [3.05, 3.63) is 22.2 Å². The molecule has 7 N–H and O–H groups in total. The van der Waals surface area contributed by atoms with E-state index in [2.05, 4.69) is 15.1 Å². The summed E-state index contributed by atoms with van der Waals surface area (Å²) in [5.74, 6) is -2.67. The second-order valence-electron chi connectivity index (χ2n) is 5.74. The van der Waals surface area contributed by atoms with Crippen molar-refractivity contribution in [1.82, 2.24) is 19.6 Å². The molecular weight excluding hydrogens is 298 g/mol. The lowest BCUT2D eigenvalue weighted by Crippen LogP contribution is -2.58. The molecule has 0 amide bonds. The van der Waals surface area contributed by atoms with E-state index in [1.807, 2.05) is 0 Å². The zero-order valence-electron chi connectivity index (χ0n) is 11.3. The minimum Gasteiger partial charge on any atom is -0.387 e. The van der Waals surface area contributed by atoms with Crippen LogP contribution in [-0.2, 0) is 10.5 Å². The monoisotopic (exact) mass is 311 g/mol. The Balaban J connectivity index is 1.95. The van der Waals surface area contributed by atoms with Gasteiger partial charge in [0.15, 0.2) is 11.2 Å². The number of fused-ring (bicyclic) bond motifs is 2. The number of H-pyrrole nitrogens is 1. The number of hydrogen-bond acceptors (Lipinski definition) is 9. The topological polar surface area (TPSA) is 179 Å². The van der Waals surface area contributed by atoms with E-state index in [1.165, 1.54) is 0 Å². The number of hydrogen-bond donors (Lipinski definition) is 6. The number of anilines is 1. The minimum atomic E-state index is -2.43. The first-order valence-electron chi connectivity index (χ1n) is 6.41. The van der Waals surface area contributed by atoms with Crippen LogP contribution in [0.25, 0.3) is 5.65 Å². The zero-order chi connectivity index (χ0) is 16.1. The molecule has 11 heteroatoms. The first kappa shape index (κ1) is 13.6. The summed E-state index contributed by atoms with van der Waals surface area (Å²) in [6.45, 7) is 1.11. The molecule has 2 aliphatic rings. The summed E-state index contributed by atoms with van der Waals surface area (Å²) in [4.78, 5) is 17.8. The Morgan fingerprint density at radius 1 is 1.45 bits per heavy atom. The lowest BCUT2D eigenvalue weighted by molar-refractivity contribution is -0.301. The number of ether oxygens (including phenoxy) is 1. The van der Waals surface area contributed by atoms with Crippen LogP contribution in [0, 0.1) is 0 Å². The van der Waals surface area contributed by atoms with Crippen LogP contribution in [0.3, 0.4) is 0 Å². The third kappa shape index (κ3) is 1.19. The summed E-state index contributed by atoms with van der Waals surface area (Å²) in [7, 11) is 0. The van der Waals surface area contributed by atoms with Gasteiger partial charge in [0, 0.05) is 0 Å². The standard InChI is InChI=1S/C11H13N5O6/c1-9(19)10(20)4(17)5(10)22-11(9,21)3-2-13-6-7(18)14-8(12)15-16(3)6/h2,4-5,17,19-21H,1H3,(H3,12,14,15,18)/t4?,5-,9-,10-,11+/m1/s1. The number of aliphatic hydroxyl groups excluding tert-OH is 1. The first-order chi connectivity index (χ1) is 10.1. The number of aromatic nitrogens is 4. The van der Waals surface area contributed by atoms with Gasteiger partial charge in [0.25, 0.3) is 5.56 Å². The maximum absolute atomic E-state index is 11.7. The maximum Gasteiger partial charge on any atom is 0.295 e. The van der Waals surface area contributed by atoms with Gasteiger partial charge in [-0.3, -0.25) is 9.78 Å². The van der Waals surface area contributed by atoms with Gasteiger partial charge in [-0.25, -0.2) is 9.50 Å². The Kier molecular flexibility index (Phi) is 2.15. The molecule has 11 nitrogen and oxygen atoms in total. The molecule has 1 saturated carbocycles. The van der Waals surface area contributed by atoms with Gasteiger partial charge < -0.3 is 30.9 Å². The highest BCUT2D eigenvalue weighted by atomic mass is 16.7. The Labute approximate surface area is 121 Å². The molecule has 1 aliphatic heterocycles. The number of aromatic amines is 1. The maximum atomic E-state index is 11.7. The SMILES string of the molecule is C[C@]1(O)[C@](O)(c2cnc3c(=O)[nH]c(N)nn23)O[C@@H]2C(O)[C@@]21O. The van der Waals surface area contributed by atoms with Gasteiger partial charge in [0.2, 0.25) is 17.4 Å². The lowest BCUT2D eigenvalue weighted by atomic mass is 9.86. The Bertz CT molecular complexity index is 860. The molecule has 0 radical (unpaired) electrons. The molecule has 118 valence electrons. The Morgan fingerprint density at radius 3 is 2.73 bits per heavy atom. The van der Waals surface area contributed by atoms with Gasteiger partial charge in [-0.2, -0.15) is 0 Å². The average Bonchev–Trinajstić information content (AvgIpc) is 2.76. The lowest BCUT2D eigenvalue weighted by Gasteiger charge is -2.37. The summed E-state index contributed by atoms with van der Waals surface area (Å²) in [5, 5.41) is 45.0. The predicted molar refractivity (Wildman–Crippen MR) is 68.4 cm³/mol. The van der Waals surface area contributed by atoms with Gasteiger partial charge in [0.05, 0.1) is 6.20 Å². The molecular formula is C11H13N5O6. The fraction of sp³-hybridized carbons (Fsp3) is 0.545. The van der Waals surface area contributed by atoms with E-state index < -0.39 is 34.8 Å². The molecule has 22 heavy (non-hydrogen) atoms. The van der Waals surface area contributed by atoms with Gasteiger partial charge in [-0.15, -0.1) is 5.10 Å². The molecule has 0 aromatic carbocycles. The second-order valence-corrected chi connectivity index (χ2v) is 5.74. The van der Waals surface area contributed by atoms with Crippen LogP contribution in [0.1, 0.15) is 12.6 Å². The highest BCUT2D eigenvalue weighted by molar-refractivity contribution is 5.43.